The van der Waals surface area contributed by atoms with E-state index >= 15 is 0 Å². The third kappa shape index (κ3) is 8.44. The number of aliphatic hydroxyl groups is 1. The molecule has 0 radical (unpaired) electrons. The maximum Gasteiger partial charge on any atom is 0.119 e. The van der Waals surface area contributed by atoms with E-state index in [1.807, 2.05) is 62.4 Å². The fourth-order valence-corrected chi connectivity index (χ4v) is 3.43. The molecule has 0 spiro atoms. The maximum absolute atomic E-state index is 10.6. The molecule has 0 aliphatic heterocycles. The van der Waals surface area contributed by atoms with Crippen LogP contribution in [-0.4, -0.2) is 41.9 Å². The van der Waals surface area contributed by atoms with E-state index in [9.17, 15) is 5.11 Å². The minimum atomic E-state index is -0.564. The predicted octanol–water partition coefficient (Wildman–Crippen LogP) is 4.96. The Balaban J connectivity index is 1.56. The van der Waals surface area contributed by atoms with Gasteiger partial charge in [-0.1, -0.05) is 60.7 Å². The van der Waals surface area contributed by atoms with Crippen molar-refractivity contribution >= 4 is 0 Å². The van der Waals surface area contributed by atoms with E-state index in [-0.39, 0.29) is 12.7 Å². The number of nitrogens with zero attached hydrogens (tertiary/aromatic N) is 1. The number of hydrogen-bond acceptors (Lipinski definition) is 4. The molecule has 0 heterocycles. The van der Waals surface area contributed by atoms with Crippen LogP contribution in [-0.2, 0) is 13.0 Å². The van der Waals surface area contributed by atoms with Crippen molar-refractivity contribution in [3.8, 4) is 11.5 Å². The van der Waals surface area contributed by atoms with Gasteiger partial charge in [0.25, 0.3) is 0 Å². The Morgan fingerprint density at radius 1 is 0.774 bits per heavy atom. The van der Waals surface area contributed by atoms with Gasteiger partial charge in [-0.25, -0.2) is 0 Å². The van der Waals surface area contributed by atoms with Gasteiger partial charge in [0, 0.05) is 19.6 Å². The van der Waals surface area contributed by atoms with Gasteiger partial charge in [-0.2, -0.15) is 0 Å². The van der Waals surface area contributed by atoms with Crippen molar-refractivity contribution in [1.29, 1.82) is 0 Å². The summed E-state index contributed by atoms with van der Waals surface area (Å²) in [5.41, 5.74) is 2.49. The summed E-state index contributed by atoms with van der Waals surface area (Å²) in [6.45, 7) is 6.52. The molecule has 0 saturated heterocycles. The smallest absolute Gasteiger partial charge is 0.119 e. The molecule has 1 unspecified atom stereocenters. The Kier molecular flexibility index (Phi) is 8.95. The Bertz CT molecular complexity index is 866. The van der Waals surface area contributed by atoms with Gasteiger partial charge >= 0.3 is 0 Å². The van der Waals surface area contributed by atoms with Crippen LogP contribution in [0.15, 0.2) is 84.9 Å². The summed E-state index contributed by atoms with van der Waals surface area (Å²) in [6.07, 6.45) is 0.513. The van der Waals surface area contributed by atoms with Gasteiger partial charge in [0.15, 0.2) is 0 Å². The van der Waals surface area contributed by atoms with Crippen molar-refractivity contribution in [3.63, 3.8) is 0 Å². The Labute approximate surface area is 186 Å². The first-order valence-electron chi connectivity index (χ1n) is 11.0. The van der Waals surface area contributed by atoms with E-state index in [0.717, 1.165) is 31.0 Å². The van der Waals surface area contributed by atoms with Crippen LogP contribution in [0.4, 0.5) is 0 Å². The maximum atomic E-state index is 10.6. The molecular formula is C27H33NO3. The molecule has 0 amide bonds. The molecule has 4 heteroatoms. The molecule has 31 heavy (non-hydrogen) atoms. The third-order valence-electron chi connectivity index (χ3n) is 4.92. The first-order valence-corrected chi connectivity index (χ1v) is 11.0. The number of benzene rings is 3. The summed E-state index contributed by atoms with van der Waals surface area (Å²) >= 11 is 0. The zero-order chi connectivity index (χ0) is 21.9. The SMILES string of the molecule is CC(C)Oc1ccc(CCN(Cc2ccccc2)CC(O)COc2ccccc2)cc1. The van der Waals surface area contributed by atoms with Crippen molar-refractivity contribution < 1.29 is 14.6 Å². The minimum Gasteiger partial charge on any atom is -0.491 e. The molecule has 3 aromatic rings. The molecule has 3 rings (SSSR count). The predicted molar refractivity (Wildman–Crippen MR) is 126 cm³/mol. The lowest BCUT2D eigenvalue weighted by atomic mass is 10.1. The van der Waals surface area contributed by atoms with Gasteiger partial charge in [0.2, 0.25) is 0 Å². The van der Waals surface area contributed by atoms with Crippen LogP contribution in [0.3, 0.4) is 0 Å². The number of ether oxygens (including phenoxy) is 2. The van der Waals surface area contributed by atoms with Crippen LogP contribution in [0.5, 0.6) is 11.5 Å². The van der Waals surface area contributed by atoms with E-state index in [2.05, 4.69) is 41.3 Å². The lowest BCUT2D eigenvalue weighted by Crippen LogP contribution is -2.36. The van der Waals surface area contributed by atoms with Gasteiger partial charge in [-0.05, 0) is 55.7 Å². The first kappa shape index (κ1) is 22.9. The Morgan fingerprint density at radius 3 is 2.06 bits per heavy atom. The molecule has 0 aliphatic carbocycles. The molecule has 0 aliphatic rings. The van der Waals surface area contributed by atoms with Crippen molar-refractivity contribution in [3.05, 3.63) is 96.1 Å². The fraction of sp³-hybridized carbons (Fsp3) is 0.333. The van der Waals surface area contributed by atoms with Crippen molar-refractivity contribution in [2.45, 2.75) is 39.0 Å². The Hall–Kier alpha value is -2.82. The normalized spacial score (nSPS) is 12.2. The summed E-state index contributed by atoms with van der Waals surface area (Å²) in [6, 6.07) is 28.3. The highest BCUT2D eigenvalue weighted by Crippen LogP contribution is 2.15. The van der Waals surface area contributed by atoms with Gasteiger partial charge < -0.3 is 14.6 Å². The monoisotopic (exact) mass is 419 g/mol. The highest BCUT2D eigenvalue weighted by molar-refractivity contribution is 5.27. The summed E-state index contributed by atoms with van der Waals surface area (Å²) in [4.78, 5) is 2.28. The highest BCUT2D eigenvalue weighted by Gasteiger charge is 2.14. The van der Waals surface area contributed by atoms with Crippen LogP contribution >= 0.6 is 0 Å². The largest absolute Gasteiger partial charge is 0.491 e. The molecule has 0 bridgehead atoms. The second kappa shape index (κ2) is 12.1. The zero-order valence-electron chi connectivity index (χ0n) is 18.5. The van der Waals surface area contributed by atoms with Gasteiger partial charge in [0.05, 0.1) is 6.10 Å². The van der Waals surface area contributed by atoms with Crippen molar-refractivity contribution in [2.75, 3.05) is 19.7 Å². The quantitative estimate of drug-likeness (QED) is 0.451. The lowest BCUT2D eigenvalue weighted by molar-refractivity contribution is 0.0659. The lowest BCUT2D eigenvalue weighted by Gasteiger charge is -2.25. The average Bonchev–Trinajstić information content (AvgIpc) is 2.78. The minimum absolute atomic E-state index is 0.173. The highest BCUT2D eigenvalue weighted by atomic mass is 16.5. The second-order valence-corrected chi connectivity index (χ2v) is 8.06. The van der Waals surface area contributed by atoms with Gasteiger partial charge in [0.1, 0.15) is 24.2 Å². The summed E-state index contributed by atoms with van der Waals surface area (Å²) < 4.78 is 11.5. The first-order chi connectivity index (χ1) is 15.1. The topological polar surface area (TPSA) is 41.9 Å². The molecule has 3 aromatic carbocycles. The molecule has 1 N–H and O–H groups in total. The molecule has 1 atom stereocenters. The summed E-state index contributed by atoms with van der Waals surface area (Å²) in [5, 5.41) is 10.6. The molecule has 164 valence electrons. The number of rotatable bonds is 12. The number of para-hydroxylation sites is 1. The van der Waals surface area contributed by atoms with Crippen molar-refractivity contribution in [1.82, 2.24) is 4.90 Å². The molecule has 4 nitrogen and oxygen atoms in total. The van der Waals surface area contributed by atoms with E-state index in [1.54, 1.807) is 0 Å². The van der Waals surface area contributed by atoms with Gasteiger partial charge in [-0.15, -0.1) is 0 Å². The third-order valence-corrected chi connectivity index (χ3v) is 4.92. The standard InChI is InChI=1S/C27H33NO3/c1-22(2)31-27-15-13-23(14-16-27)17-18-28(19-24-9-5-3-6-10-24)20-25(29)21-30-26-11-7-4-8-12-26/h3-16,22,25,29H,17-21H2,1-2H3. The van der Waals surface area contributed by atoms with E-state index in [0.29, 0.717) is 6.54 Å². The van der Waals surface area contributed by atoms with Crippen LogP contribution in [0.25, 0.3) is 0 Å². The van der Waals surface area contributed by atoms with Crippen LogP contribution < -0.4 is 9.47 Å². The molecule has 0 fully saturated rings. The van der Waals surface area contributed by atoms with Gasteiger partial charge in [-0.3, -0.25) is 4.90 Å². The second-order valence-electron chi connectivity index (χ2n) is 8.06. The van der Waals surface area contributed by atoms with Crippen LogP contribution in [0.2, 0.25) is 0 Å². The van der Waals surface area contributed by atoms with Crippen LogP contribution in [0.1, 0.15) is 25.0 Å². The summed E-state index contributed by atoms with van der Waals surface area (Å²) in [7, 11) is 0. The van der Waals surface area contributed by atoms with E-state index in [4.69, 9.17) is 9.47 Å². The van der Waals surface area contributed by atoms with E-state index in [1.165, 1.54) is 11.1 Å². The fourth-order valence-electron chi connectivity index (χ4n) is 3.43. The van der Waals surface area contributed by atoms with Crippen molar-refractivity contribution in [2.24, 2.45) is 0 Å². The molecule has 0 saturated carbocycles. The molecule has 0 aromatic heterocycles. The summed E-state index contributed by atoms with van der Waals surface area (Å²) in [5.74, 6) is 1.67. The zero-order valence-corrected chi connectivity index (χ0v) is 18.5. The number of hydrogen-bond donors (Lipinski definition) is 1. The molecular weight excluding hydrogens is 386 g/mol. The average molecular weight is 420 g/mol. The number of aliphatic hydroxyl groups excluding tert-OH is 1. The Morgan fingerprint density at radius 2 is 1.42 bits per heavy atom. The van der Waals surface area contributed by atoms with Crippen LogP contribution in [0, 0.1) is 0 Å². The van der Waals surface area contributed by atoms with E-state index < -0.39 is 6.10 Å².